The summed E-state index contributed by atoms with van der Waals surface area (Å²) < 4.78 is 5.06. The maximum Gasteiger partial charge on any atom is 0.225 e. The number of hydrogen-bond acceptors (Lipinski definition) is 5. The zero-order chi connectivity index (χ0) is 16.3. The van der Waals surface area contributed by atoms with Crippen molar-refractivity contribution in [2.75, 3.05) is 45.8 Å². The van der Waals surface area contributed by atoms with Gasteiger partial charge in [0.25, 0.3) is 0 Å². The van der Waals surface area contributed by atoms with Crippen LogP contribution in [0.15, 0.2) is 0 Å². The van der Waals surface area contributed by atoms with E-state index in [9.17, 15) is 4.79 Å². The SMILES string of the molecule is COCCN1C[C@H](Cc2nc(N(C)C)nc(C)c2C)CC1=O. The van der Waals surface area contributed by atoms with Crippen molar-refractivity contribution in [3.63, 3.8) is 0 Å². The molecule has 1 atom stereocenters. The molecular weight excluding hydrogens is 280 g/mol. The number of methoxy groups -OCH3 is 1. The van der Waals surface area contributed by atoms with E-state index in [2.05, 4.69) is 16.9 Å². The van der Waals surface area contributed by atoms with Crippen LogP contribution in [0.1, 0.15) is 23.4 Å². The van der Waals surface area contributed by atoms with Crippen molar-refractivity contribution >= 4 is 11.9 Å². The number of carbonyl (C=O) groups excluding carboxylic acids is 1. The van der Waals surface area contributed by atoms with Crippen LogP contribution in [0.4, 0.5) is 5.95 Å². The molecule has 6 heteroatoms. The Morgan fingerprint density at radius 2 is 2.05 bits per heavy atom. The molecule has 1 aliphatic heterocycles. The third-order valence-corrected chi connectivity index (χ3v) is 4.22. The third-order valence-electron chi connectivity index (χ3n) is 4.22. The summed E-state index contributed by atoms with van der Waals surface area (Å²) in [6.07, 6.45) is 1.43. The summed E-state index contributed by atoms with van der Waals surface area (Å²) in [5.41, 5.74) is 3.20. The highest BCUT2D eigenvalue weighted by atomic mass is 16.5. The molecule has 0 aromatic carbocycles. The molecule has 6 nitrogen and oxygen atoms in total. The predicted molar refractivity (Wildman–Crippen MR) is 86.1 cm³/mol. The second kappa shape index (κ2) is 7.05. The number of aromatic nitrogens is 2. The smallest absolute Gasteiger partial charge is 0.225 e. The van der Waals surface area contributed by atoms with E-state index in [-0.39, 0.29) is 5.91 Å². The zero-order valence-corrected chi connectivity index (χ0v) is 14.2. The molecule has 0 N–H and O–H groups in total. The van der Waals surface area contributed by atoms with Crippen LogP contribution in [0, 0.1) is 19.8 Å². The number of carbonyl (C=O) groups is 1. The largest absolute Gasteiger partial charge is 0.383 e. The summed E-state index contributed by atoms with van der Waals surface area (Å²) in [6.45, 7) is 6.13. The minimum Gasteiger partial charge on any atom is -0.383 e. The Kier molecular flexibility index (Phi) is 5.34. The van der Waals surface area contributed by atoms with E-state index in [0.29, 0.717) is 25.5 Å². The lowest BCUT2D eigenvalue weighted by Gasteiger charge is -2.18. The fourth-order valence-corrected chi connectivity index (χ4v) is 2.75. The molecule has 1 saturated heterocycles. The van der Waals surface area contributed by atoms with E-state index in [1.165, 1.54) is 0 Å². The number of aryl methyl sites for hydroxylation is 1. The first-order valence-corrected chi connectivity index (χ1v) is 7.70. The van der Waals surface area contributed by atoms with Gasteiger partial charge in [0.2, 0.25) is 11.9 Å². The van der Waals surface area contributed by atoms with E-state index < -0.39 is 0 Å². The van der Waals surface area contributed by atoms with Crippen molar-refractivity contribution in [2.24, 2.45) is 5.92 Å². The van der Waals surface area contributed by atoms with Gasteiger partial charge in [-0.05, 0) is 31.7 Å². The van der Waals surface area contributed by atoms with Crippen molar-refractivity contribution < 1.29 is 9.53 Å². The highest BCUT2D eigenvalue weighted by Gasteiger charge is 2.30. The van der Waals surface area contributed by atoms with E-state index in [0.717, 1.165) is 35.9 Å². The Balaban J connectivity index is 2.09. The van der Waals surface area contributed by atoms with Crippen LogP contribution in [0.2, 0.25) is 0 Å². The Morgan fingerprint density at radius 1 is 1.32 bits per heavy atom. The fraction of sp³-hybridized carbons (Fsp3) is 0.688. The second-order valence-electron chi connectivity index (χ2n) is 6.18. The van der Waals surface area contributed by atoms with Gasteiger partial charge in [0.05, 0.1) is 6.61 Å². The number of rotatable bonds is 6. The Morgan fingerprint density at radius 3 is 2.68 bits per heavy atom. The monoisotopic (exact) mass is 306 g/mol. The number of ether oxygens (including phenoxy) is 1. The fourth-order valence-electron chi connectivity index (χ4n) is 2.75. The number of amides is 1. The van der Waals surface area contributed by atoms with Crippen molar-refractivity contribution in [1.82, 2.24) is 14.9 Å². The lowest BCUT2D eigenvalue weighted by molar-refractivity contribution is -0.128. The maximum absolute atomic E-state index is 12.0. The van der Waals surface area contributed by atoms with Crippen LogP contribution in [0.5, 0.6) is 0 Å². The van der Waals surface area contributed by atoms with Gasteiger partial charge >= 0.3 is 0 Å². The first-order chi connectivity index (χ1) is 10.4. The molecule has 1 aliphatic rings. The minimum atomic E-state index is 0.221. The van der Waals surface area contributed by atoms with Gasteiger partial charge in [0.1, 0.15) is 0 Å². The highest BCUT2D eigenvalue weighted by Crippen LogP contribution is 2.24. The molecule has 0 unspecified atom stereocenters. The van der Waals surface area contributed by atoms with Gasteiger partial charge in [-0.2, -0.15) is 0 Å². The standard InChI is InChI=1S/C16H26N4O2/c1-11-12(2)17-16(19(3)4)18-14(11)8-13-9-15(21)20(10-13)6-7-22-5/h13H,6-10H2,1-5H3/t13-/m1/s1. The van der Waals surface area contributed by atoms with Crippen LogP contribution in [0.3, 0.4) is 0 Å². The first kappa shape index (κ1) is 16.7. The number of anilines is 1. The van der Waals surface area contributed by atoms with Gasteiger partial charge in [-0.25, -0.2) is 9.97 Å². The minimum absolute atomic E-state index is 0.221. The lowest BCUT2D eigenvalue weighted by Crippen LogP contribution is -2.29. The molecule has 22 heavy (non-hydrogen) atoms. The van der Waals surface area contributed by atoms with Gasteiger partial charge in [0.15, 0.2) is 0 Å². The highest BCUT2D eigenvalue weighted by molar-refractivity contribution is 5.78. The maximum atomic E-state index is 12.0. The molecule has 122 valence electrons. The Bertz CT molecular complexity index is 545. The summed E-state index contributed by atoms with van der Waals surface area (Å²) in [5.74, 6) is 1.28. The summed E-state index contributed by atoms with van der Waals surface area (Å²) in [6, 6.07) is 0. The molecule has 1 fully saturated rings. The van der Waals surface area contributed by atoms with Crippen LogP contribution in [-0.4, -0.2) is 61.7 Å². The van der Waals surface area contributed by atoms with Crippen molar-refractivity contribution in [3.05, 3.63) is 17.0 Å². The third kappa shape index (κ3) is 3.74. The summed E-state index contributed by atoms with van der Waals surface area (Å²) >= 11 is 0. The average molecular weight is 306 g/mol. The van der Waals surface area contributed by atoms with Crippen molar-refractivity contribution in [2.45, 2.75) is 26.7 Å². The van der Waals surface area contributed by atoms with Crippen LogP contribution in [-0.2, 0) is 16.0 Å². The molecule has 0 bridgehead atoms. The molecule has 2 heterocycles. The van der Waals surface area contributed by atoms with E-state index in [4.69, 9.17) is 4.74 Å². The number of likely N-dealkylation sites (tertiary alicyclic amines) is 1. The van der Waals surface area contributed by atoms with Gasteiger partial charge in [-0.15, -0.1) is 0 Å². The Labute approximate surface area is 132 Å². The topological polar surface area (TPSA) is 58.6 Å². The summed E-state index contributed by atoms with van der Waals surface area (Å²) in [4.78, 5) is 25.0. The second-order valence-corrected chi connectivity index (χ2v) is 6.18. The van der Waals surface area contributed by atoms with Crippen LogP contribution >= 0.6 is 0 Å². The van der Waals surface area contributed by atoms with Gasteiger partial charge in [0, 0.05) is 52.1 Å². The molecule has 0 aliphatic carbocycles. The van der Waals surface area contributed by atoms with Gasteiger partial charge in [-0.1, -0.05) is 0 Å². The lowest BCUT2D eigenvalue weighted by atomic mass is 9.99. The molecule has 1 aromatic heterocycles. The zero-order valence-electron chi connectivity index (χ0n) is 14.2. The van der Waals surface area contributed by atoms with E-state index >= 15 is 0 Å². The normalized spacial score (nSPS) is 18.1. The molecular formula is C16H26N4O2. The Hall–Kier alpha value is -1.69. The molecule has 0 spiro atoms. The van der Waals surface area contributed by atoms with E-state index in [1.54, 1.807) is 7.11 Å². The number of hydrogen-bond donors (Lipinski definition) is 0. The summed E-state index contributed by atoms with van der Waals surface area (Å²) in [7, 11) is 5.55. The number of nitrogens with zero attached hydrogens (tertiary/aromatic N) is 4. The van der Waals surface area contributed by atoms with Crippen molar-refractivity contribution in [3.8, 4) is 0 Å². The molecule has 0 radical (unpaired) electrons. The van der Waals surface area contributed by atoms with Crippen LogP contribution in [0.25, 0.3) is 0 Å². The molecule has 1 amide bonds. The molecule has 2 rings (SSSR count). The molecule has 0 saturated carbocycles. The van der Waals surface area contributed by atoms with E-state index in [1.807, 2.05) is 30.8 Å². The molecule has 1 aromatic rings. The quantitative estimate of drug-likeness (QED) is 0.790. The van der Waals surface area contributed by atoms with Crippen molar-refractivity contribution in [1.29, 1.82) is 0 Å². The average Bonchev–Trinajstić information content (AvgIpc) is 2.81. The van der Waals surface area contributed by atoms with Gasteiger partial charge in [-0.3, -0.25) is 4.79 Å². The van der Waals surface area contributed by atoms with Gasteiger partial charge < -0.3 is 14.5 Å². The first-order valence-electron chi connectivity index (χ1n) is 7.70. The summed E-state index contributed by atoms with van der Waals surface area (Å²) in [5, 5.41) is 0. The van der Waals surface area contributed by atoms with Crippen LogP contribution < -0.4 is 4.90 Å². The predicted octanol–water partition coefficient (Wildman–Crippen LogP) is 1.20.